The first kappa shape index (κ1) is 17.6. The van der Waals surface area contributed by atoms with Gasteiger partial charge >= 0.3 is 0 Å². The van der Waals surface area contributed by atoms with Crippen molar-refractivity contribution in [1.29, 1.82) is 0 Å². The van der Waals surface area contributed by atoms with Gasteiger partial charge in [-0.2, -0.15) is 5.10 Å². The molecule has 2 N–H and O–H groups in total. The molecule has 3 aromatic rings. The topological polar surface area (TPSA) is 53.5 Å². The summed E-state index contributed by atoms with van der Waals surface area (Å²) in [6.45, 7) is 2.55. The maximum absolute atomic E-state index is 12.4. The van der Waals surface area contributed by atoms with Crippen LogP contribution in [0.4, 0.5) is 0 Å². The first-order chi connectivity index (χ1) is 13.1. The molecule has 0 unspecified atom stereocenters. The normalized spacial score (nSPS) is 18.8. The summed E-state index contributed by atoms with van der Waals surface area (Å²) in [7, 11) is 0. The van der Waals surface area contributed by atoms with E-state index < -0.39 is 4.87 Å². The molecule has 4 rings (SSSR count). The molecule has 1 heterocycles. The van der Waals surface area contributed by atoms with Gasteiger partial charge < -0.3 is 5.32 Å². The number of carbonyl (C=O) groups is 1. The van der Waals surface area contributed by atoms with Crippen LogP contribution in [0.2, 0.25) is 0 Å². The predicted octanol–water partition coefficient (Wildman–Crippen LogP) is 4.26. The van der Waals surface area contributed by atoms with Crippen LogP contribution in [0.3, 0.4) is 0 Å². The lowest BCUT2D eigenvalue weighted by atomic mass is 10.1. The van der Waals surface area contributed by atoms with Gasteiger partial charge in [-0.3, -0.25) is 10.2 Å². The zero-order valence-electron chi connectivity index (χ0n) is 15.1. The highest BCUT2D eigenvalue weighted by molar-refractivity contribution is 8.15. The number of hydrogen-bond donors (Lipinski definition) is 2. The fourth-order valence-corrected chi connectivity index (χ4v) is 4.30. The van der Waals surface area contributed by atoms with Crippen LogP contribution in [0.1, 0.15) is 24.5 Å². The number of nitrogens with one attached hydrogen (secondary N) is 2. The largest absolute Gasteiger partial charge is 0.352 e. The Hall–Kier alpha value is -2.79. The van der Waals surface area contributed by atoms with E-state index in [-0.39, 0.29) is 5.91 Å². The minimum Gasteiger partial charge on any atom is -0.352 e. The minimum atomic E-state index is -0.451. The average molecular weight is 375 g/mol. The highest BCUT2D eigenvalue weighted by Crippen LogP contribution is 2.36. The molecule has 0 aliphatic carbocycles. The summed E-state index contributed by atoms with van der Waals surface area (Å²) in [5, 5.41) is 10.8. The van der Waals surface area contributed by atoms with E-state index in [1.54, 1.807) is 11.8 Å². The lowest BCUT2D eigenvalue weighted by molar-refractivity contribution is -0.121. The number of rotatable bonds is 5. The zero-order valence-corrected chi connectivity index (χ0v) is 15.9. The number of amides is 1. The van der Waals surface area contributed by atoms with E-state index in [1.807, 2.05) is 55.5 Å². The molecule has 0 spiro atoms. The summed E-state index contributed by atoms with van der Waals surface area (Å²) in [5.41, 5.74) is 5.36. The number of hydrogen-bond acceptors (Lipinski definition) is 4. The van der Waals surface area contributed by atoms with Crippen LogP contribution >= 0.6 is 11.8 Å². The number of thioether (sulfide) groups is 1. The van der Waals surface area contributed by atoms with Gasteiger partial charge in [0.25, 0.3) is 0 Å². The highest BCUT2D eigenvalue weighted by Gasteiger charge is 2.35. The van der Waals surface area contributed by atoms with Crippen LogP contribution < -0.4 is 10.7 Å². The van der Waals surface area contributed by atoms with Crippen molar-refractivity contribution < 1.29 is 4.79 Å². The minimum absolute atomic E-state index is 0.00993. The Bertz CT molecular complexity index is 997. The van der Waals surface area contributed by atoms with Crippen molar-refractivity contribution in [1.82, 2.24) is 10.7 Å². The molecular formula is C22H21N3OS. The second-order valence-corrected chi connectivity index (χ2v) is 8.32. The third-order valence-corrected chi connectivity index (χ3v) is 5.76. The van der Waals surface area contributed by atoms with Gasteiger partial charge in [0, 0.05) is 12.1 Å². The quantitative estimate of drug-likeness (QED) is 0.701. The molecule has 0 fully saturated rings. The van der Waals surface area contributed by atoms with Gasteiger partial charge in [-0.15, -0.1) is 0 Å². The van der Waals surface area contributed by atoms with Crippen LogP contribution in [-0.4, -0.2) is 15.8 Å². The zero-order chi connectivity index (χ0) is 18.7. The molecule has 27 heavy (non-hydrogen) atoms. The van der Waals surface area contributed by atoms with Crippen LogP contribution in [0.5, 0.6) is 0 Å². The molecule has 0 radical (unpaired) electrons. The van der Waals surface area contributed by atoms with Crippen LogP contribution in [0.15, 0.2) is 77.9 Å². The second-order valence-electron chi connectivity index (χ2n) is 6.83. The fourth-order valence-electron chi connectivity index (χ4n) is 3.20. The van der Waals surface area contributed by atoms with Gasteiger partial charge in [-0.25, -0.2) is 0 Å². The third kappa shape index (κ3) is 3.98. The Morgan fingerprint density at radius 3 is 2.63 bits per heavy atom. The summed E-state index contributed by atoms with van der Waals surface area (Å²) in [5.74, 6) is 0.00993. The van der Waals surface area contributed by atoms with Crippen LogP contribution in [-0.2, 0) is 11.3 Å². The Morgan fingerprint density at radius 1 is 1.04 bits per heavy atom. The first-order valence-corrected chi connectivity index (χ1v) is 9.77. The number of fused-ring (bicyclic) bond motifs is 1. The summed E-state index contributed by atoms with van der Waals surface area (Å²) < 4.78 is 0. The fraction of sp³-hybridized carbons (Fsp3) is 0.182. The van der Waals surface area contributed by atoms with Crippen molar-refractivity contribution in [3.8, 4) is 0 Å². The summed E-state index contributed by atoms with van der Waals surface area (Å²) in [4.78, 5) is 12.0. The molecule has 4 nitrogen and oxygen atoms in total. The van der Waals surface area contributed by atoms with E-state index in [1.165, 1.54) is 10.8 Å². The van der Waals surface area contributed by atoms with Gasteiger partial charge in [0.2, 0.25) is 5.91 Å². The Balaban J connectivity index is 1.42. The molecule has 1 aliphatic heterocycles. The van der Waals surface area contributed by atoms with Crippen molar-refractivity contribution in [3.63, 3.8) is 0 Å². The number of hydrazone groups is 1. The van der Waals surface area contributed by atoms with E-state index in [4.69, 9.17) is 0 Å². The lowest BCUT2D eigenvalue weighted by Crippen LogP contribution is -2.38. The van der Waals surface area contributed by atoms with Crippen molar-refractivity contribution in [3.05, 3.63) is 83.9 Å². The van der Waals surface area contributed by atoms with E-state index in [0.717, 1.165) is 16.2 Å². The van der Waals surface area contributed by atoms with Crippen molar-refractivity contribution in [2.45, 2.75) is 24.8 Å². The van der Waals surface area contributed by atoms with E-state index in [0.29, 0.717) is 13.0 Å². The summed E-state index contributed by atoms with van der Waals surface area (Å²) >= 11 is 1.61. The number of carbonyl (C=O) groups excluding carboxylic acids is 1. The first-order valence-electron chi connectivity index (χ1n) is 8.96. The van der Waals surface area contributed by atoms with Crippen LogP contribution in [0, 0.1) is 0 Å². The molecule has 0 saturated carbocycles. The smallest absolute Gasteiger partial charge is 0.223 e. The molecular weight excluding hydrogens is 354 g/mol. The monoisotopic (exact) mass is 375 g/mol. The van der Waals surface area contributed by atoms with Gasteiger partial charge in [-0.05, 0) is 23.3 Å². The standard InChI is InChI=1S/C22H21N3OS/c1-22(14-20(26)23-15-16-8-3-2-4-9-16)25-24-21(27-22)19-13-7-11-17-10-5-6-12-18(17)19/h2-13,25H,14-15H2,1H3,(H,23,26)/t22-/m1/s1. The maximum Gasteiger partial charge on any atom is 0.223 e. The average Bonchev–Trinajstić information content (AvgIpc) is 3.08. The predicted molar refractivity (Wildman–Crippen MR) is 113 cm³/mol. The highest BCUT2D eigenvalue weighted by atomic mass is 32.2. The second kappa shape index (κ2) is 7.45. The molecule has 1 aliphatic rings. The molecule has 1 amide bonds. The Morgan fingerprint density at radius 2 is 1.78 bits per heavy atom. The summed E-state index contributed by atoms with van der Waals surface area (Å²) in [6, 6.07) is 24.4. The van der Waals surface area contributed by atoms with Gasteiger partial charge in [0.05, 0.1) is 6.42 Å². The summed E-state index contributed by atoms with van der Waals surface area (Å²) in [6.07, 6.45) is 0.349. The molecule has 0 bridgehead atoms. The van der Waals surface area contributed by atoms with Gasteiger partial charge in [0.15, 0.2) is 0 Å². The molecule has 136 valence electrons. The van der Waals surface area contributed by atoms with Crippen molar-refractivity contribution >= 4 is 33.5 Å². The molecule has 0 aromatic heterocycles. The number of benzene rings is 3. The lowest BCUT2D eigenvalue weighted by Gasteiger charge is -2.22. The van der Waals surface area contributed by atoms with Crippen molar-refractivity contribution in [2.24, 2.45) is 5.10 Å². The molecule has 0 saturated heterocycles. The Labute approximate surface area is 163 Å². The van der Waals surface area contributed by atoms with Crippen LogP contribution in [0.25, 0.3) is 10.8 Å². The molecule has 5 heteroatoms. The molecule has 3 aromatic carbocycles. The number of nitrogens with zero attached hydrogens (tertiary/aromatic N) is 1. The van der Waals surface area contributed by atoms with E-state index in [2.05, 4.69) is 40.1 Å². The maximum atomic E-state index is 12.4. The van der Waals surface area contributed by atoms with E-state index in [9.17, 15) is 4.79 Å². The molecule has 1 atom stereocenters. The van der Waals surface area contributed by atoms with Crippen molar-refractivity contribution in [2.75, 3.05) is 0 Å². The van der Waals surface area contributed by atoms with Gasteiger partial charge in [0.1, 0.15) is 9.91 Å². The van der Waals surface area contributed by atoms with Gasteiger partial charge in [-0.1, -0.05) is 84.6 Å². The Kier molecular flexibility index (Phi) is 4.86. The SMILES string of the molecule is C[C@@]1(CC(=O)NCc2ccccc2)NN=C(c2cccc3ccccc23)S1. The van der Waals surface area contributed by atoms with E-state index >= 15 is 0 Å². The third-order valence-electron chi connectivity index (χ3n) is 4.57.